The summed E-state index contributed by atoms with van der Waals surface area (Å²) in [6.45, 7) is 7.65. The third-order valence-electron chi connectivity index (χ3n) is 3.48. The minimum atomic E-state index is -0.113. The van der Waals surface area contributed by atoms with Crippen molar-refractivity contribution < 1.29 is 9.47 Å². The summed E-state index contributed by atoms with van der Waals surface area (Å²) in [5.74, 6) is 0. The smallest absolute Gasteiger partial charge is 0.0661 e. The molecule has 0 heterocycles. The Labute approximate surface area is 117 Å². The maximum absolute atomic E-state index is 5.78. The van der Waals surface area contributed by atoms with Crippen molar-refractivity contribution in [2.75, 3.05) is 27.4 Å². The van der Waals surface area contributed by atoms with Crippen LogP contribution in [0.15, 0.2) is 24.3 Å². The molecule has 3 nitrogen and oxygen atoms in total. The van der Waals surface area contributed by atoms with Gasteiger partial charge in [0.15, 0.2) is 0 Å². The molecule has 1 aromatic carbocycles. The third kappa shape index (κ3) is 5.72. The fourth-order valence-electron chi connectivity index (χ4n) is 1.85. The summed E-state index contributed by atoms with van der Waals surface area (Å²) >= 11 is 0. The van der Waals surface area contributed by atoms with Crippen LogP contribution >= 0.6 is 0 Å². The largest absolute Gasteiger partial charge is 0.379 e. The zero-order chi connectivity index (χ0) is 14.3. The Hall–Kier alpha value is -0.900. The van der Waals surface area contributed by atoms with E-state index in [2.05, 4.69) is 50.4 Å². The van der Waals surface area contributed by atoms with Gasteiger partial charge in [0.1, 0.15) is 0 Å². The molecular formula is C16H27NO2. The topological polar surface area (TPSA) is 30.5 Å². The summed E-state index contributed by atoms with van der Waals surface area (Å²) in [4.78, 5) is 0. The average molecular weight is 265 g/mol. The van der Waals surface area contributed by atoms with Crippen molar-refractivity contribution in [3.05, 3.63) is 35.4 Å². The van der Waals surface area contributed by atoms with E-state index in [1.54, 1.807) is 7.11 Å². The molecule has 3 heteroatoms. The second kappa shape index (κ2) is 7.63. The summed E-state index contributed by atoms with van der Waals surface area (Å²) in [7, 11) is 3.71. The minimum absolute atomic E-state index is 0.113. The zero-order valence-electron chi connectivity index (χ0n) is 12.8. The number of aryl methyl sites for hydroxylation is 1. The van der Waals surface area contributed by atoms with Crippen LogP contribution < -0.4 is 5.32 Å². The third-order valence-corrected chi connectivity index (χ3v) is 3.48. The number of benzene rings is 1. The highest BCUT2D eigenvalue weighted by Gasteiger charge is 2.16. The number of likely N-dealkylation sites (N-methyl/N-ethyl adjacent to an activating group) is 1. The molecule has 0 saturated carbocycles. The van der Waals surface area contributed by atoms with E-state index in [0.29, 0.717) is 13.2 Å². The Balaban J connectivity index is 2.42. The van der Waals surface area contributed by atoms with E-state index in [1.807, 2.05) is 7.05 Å². The second-order valence-corrected chi connectivity index (χ2v) is 5.54. The standard InChI is InChI=1S/C16H27NO2/c1-13-7-6-8-14(11-13)15(17-4)12-19-10-9-16(2,3)18-5/h6-8,11,15,17H,9-10,12H2,1-5H3. The first-order valence-electron chi connectivity index (χ1n) is 6.85. The number of nitrogens with one attached hydrogen (secondary N) is 1. The predicted molar refractivity (Wildman–Crippen MR) is 79.5 cm³/mol. The van der Waals surface area contributed by atoms with Crippen LogP contribution in [-0.2, 0) is 9.47 Å². The molecule has 0 bridgehead atoms. The molecule has 1 atom stereocenters. The van der Waals surface area contributed by atoms with Gasteiger partial charge in [0.05, 0.1) is 18.2 Å². The summed E-state index contributed by atoms with van der Waals surface area (Å²) in [5.41, 5.74) is 2.44. The van der Waals surface area contributed by atoms with Crippen LogP contribution in [0.4, 0.5) is 0 Å². The Bertz CT molecular complexity index is 377. The monoisotopic (exact) mass is 265 g/mol. The van der Waals surface area contributed by atoms with Gasteiger partial charge in [-0.15, -0.1) is 0 Å². The van der Waals surface area contributed by atoms with Crippen LogP contribution in [0.3, 0.4) is 0 Å². The fourth-order valence-corrected chi connectivity index (χ4v) is 1.85. The molecule has 1 aromatic rings. The van der Waals surface area contributed by atoms with Gasteiger partial charge in [-0.3, -0.25) is 0 Å². The van der Waals surface area contributed by atoms with Crippen molar-refractivity contribution >= 4 is 0 Å². The molecule has 0 aliphatic heterocycles. The lowest BCUT2D eigenvalue weighted by atomic mass is 10.0. The number of methoxy groups -OCH3 is 1. The normalized spacial score (nSPS) is 13.5. The van der Waals surface area contributed by atoms with Crippen LogP contribution in [0.5, 0.6) is 0 Å². The highest BCUT2D eigenvalue weighted by molar-refractivity contribution is 5.25. The maximum atomic E-state index is 5.78. The van der Waals surface area contributed by atoms with Gasteiger partial charge in [0.2, 0.25) is 0 Å². The average Bonchev–Trinajstić information content (AvgIpc) is 2.39. The fraction of sp³-hybridized carbons (Fsp3) is 0.625. The van der Waals surface area contributed by atoms with Gasteiger partial charge < -0.3 is 14.8 Å². The molecule has 0 fully saturated rings. The maximum Gasteiger partial charge on any atom is 0.0661 e. The molecule has 108 valence electrons. The minimum Gasteiger partial charge on any atom is -0.379 e. The van der Waals surface area contributed by atoms with Crippen LogP contribution in [-0.4, -0.2) is 33.0 Å². The van der Waals surface area contributed by atoms with Crippen LogP contribution in [0.1, 0.15) is 37.4 Å². The Morgan fingerprint density at radius 1 is 1.32 bits per heavy atom. The molecule has 0 aliphatic rings. The van der Waals surface area contributed by atoms with Crippen molar-refractivity contribution in [2.45, 2.75) is 38.8 Å². The molecule has 0 spiro atoms. The lowest BCUT2D eigenvalue weighted by Crippen LogP contribution is -2.26. The van der Waals surface area contributed by atoms with Crippen molar-refractivity contribution in [1.82, 2.24) is 5.32 Å². The molecular weight excluding hydrogens is 238 g/mol. The summed E-state index contributed by atoms with van der Waals surface area (Å²) in [6.07, 6.45) is 0.897. The van der Waals surface area contributed by atoms with E-state index in [0.717, 1.165) is 6.42 Å². The first-order valence-corrected chi connectivity index (χ1v) is 6.85. The quantitative estimate of drug-likeness (QED) is 0.733. The molecule has 0 amide bonds. The van der Waals surface area contributed by atoms with Crippen molar-refractivity contribution in [1.29, 1.82) is 0 Å². The summed E-state index contributed by atoms with van der Waals surface area (Å²) < 4.78 is 11.2. The van der Waals surface area contributed by atoms with Crippen LogP contribution in [0.25, 0.3) is 0 Å². The Morgan fingerprint density at radius 3 is 2.63 bits per heavy atom. The van der Waals surface area contributed by atoms with Gasteiger partial charge in [-0.2, -0.15) is 0 Å². The first-order chi connectivity index (χ1) is 8.98. The second-order valence-electron chi connectivity index (χ2n) is 5.54. The zero-order valence-corrected chi connectivity index (χ0v) is 12.8. The highest BCUT2D eigenvalue weighted by Crippen LogP contribution is 2.16. The molecule has 0 radical (unpaired) electrons. The molecule has 0 aromatic heterocycles. The summed E-state index contributed by atoms with van der Waals surface area (Å²) in [5, 5.41) is 3.30. The highest BCUT2D eigenvalue weighted by atomic mass is 16.5. The number of hydrogen-bond acceptors (Lipinski definition) is 3. The van der Waals surface area contributed by atoms with Gasteiger partial charge >= 0.3 is 0 Å². The lowest BCUT2D eigenvalue weighted by molar-refractivity contribution is -0.0122. The van der Waals surface area contributed by atoms with Crippen LogP contribution in [0.2, 0.25) is 0 Å². The van der Waals surface area contributed by atoms with Crippen LogP contribution in [0, 0.1) is 6.92 Å². The SMILES string of the molecule is CNC(COCCC(C)(C)OC)c1cccc(C)c1. The van der Waals surface area contributed by atoms with Gasteiger partial charge in [0, 0.05) is 13.7 Å². The number of hydrogen-bond donors (Lipinski definition) is 1. The van der Waals surface area contributed by atoms with Crippen molar-refractivity contribution in [3.8, 4) is 0 Å². The van der Waals surface area contributed by atoms with Crippen molar-refractivity contribution in [2.24, 2.45) is 0 Å². The molecule has 0 saturated heterocycles. The predicted octanol–water partition coefficient (Wildman–Crippen LogP) is 3.09. The van der Waals surface area contributed by atoms with E-state index in [-0.39, 0.29) is 11.6 Å². The van der Waals surface area contributed by atoms with Crippen molar-refractivity contribution in [3.63, 3.8) is 0 Å². The van der Waals surface area contributed by atoms with E-state index in [9.17, 15) is 0 Å². The Morgan fingerprint density at radius 2 is 2.05 bits per heavy atom. The molecule has 1 N–H and O–H groups in total. The van der Waals surface area contributed by atoms with E-state index in [1.165, 1.54) is 11.1 Å². The number of ether oxygens (including phenoxy) is 2. The van der Waals surface area contributed by atoms with Gasteiger partial charge in [-0.05, 0) is 39.8 Å². The molecule has 1 rings (SSSR count). The van der Waals surface area contributed by atoms with E-state index in [4.69, 9.17) is 9.47 Å². The number of rotatable bonds is 8. The molecule has 19 heavy (non-hydrogen) atoms. The summed E-state index contributed by atoms with van der Waals surface area (Å²) in [6, 6.07) is 8.77. The van der Waals surface area contributed by atoms with Gasteiger partial charge in [-0.1, -0.05) is 29.8 Å². The van der Waals surface area contributed by atoms with Gasteiger partial charge in [0.25, 0.3) is 0 Å². The molecule has 1 unspecified atom stereocenters. The van der Waals surface area contributed by atoms with Gasteiger partial charge in [-0.25, -0.2) is 0 Å². The first kappa shape index (κ1) is 16.2. The lowest BCUT2D eigenvalue weighted by Gasteiger charge is -2.23. The molecule has 0 aliphatic carbocycles. The Kier molecular flexibility index (Phi) is 6.49. The van der Waals surface area contributed by atoms with E-state index < -0.39 is 0 Å². The van der Waals surface area contributed by atoms with E-state index >= 15 is 0 Å².